The lowest BCUT2D eigenvalue weighted by Crippen LogP contribution is -2.53. The summed E-state index contributed by atoms with van der Waals surface area (Å²) in [5.74, 6) is -0.319. The van der Waals surface area contributed by atoms with Gasteiger partial charge in [0, 0.05) is 12.1 Å². The van der Waals surface area contributed by atoms with E-state index in [9.17, 15) is 14.7 Å². The van der Waals surface area contributed by atoms with Crippen LogP contribution in [-0.4, -0.2) is 29.2 Å². The smallest absolute Gasteiger partial charge is 0.315 e. The van der Waals surface area contributed by atoms with Crippen molar-refractivity contribution >= 4 is 12.0 Å². The number of carboxylic acid groups (broad SMARTS) is 1. The third kappa shape index (κ3) is 3.69. The Balaban J connectivity index is 1.90. The van der Waals surface area contributed by atoms with Gasteiger partial charge in [0.15, 0.2) is 0 Å². The number of carbonyl (C=O) groups excluding carboxylic acids is 1. The highest BCUT2D eigenvalue weighted by atomic mass is 16.4. The quantitative estimate of drug-likeness (QED) is 0.701. The monoisotopic (exact) mass is 296 g/mol. The summed E-state index contributed by atoms with van der Waals surface area (Å²) in [6, 6.07) is -0.255. The van der Waals surface area contributed by atoms with Crippen LogP contribution in [0.5, 0.6) is 0 Å². The Kier molecular flexibility index (Phi) is 5.12. The minimum absolute atomic E-state index is 0.201. The van der Waals surface area contributed by atoms with Crippen molar-refractivity contribution < 1.29 is 14.7 Å². The van der Waals surface area contributed by atoms with Crippen LogP contribution in [0.4, 0.5) is 4.79 Å². The maximum Gasteiger partial charge on any atom is 0.315 e. The van der Waals surface area contributed by atoms with E-state index >= 15 is 0 Å². The molecule has 0 aromatic rings. The van der Waals surface area contributed by atoms with Gasteiger partial charge in [0.1, 0.15) is 0 Å². The first-order valence-corrected chi connectivity index (χ1v) is 8.24. The summed E-state index contributed by atoms with van der Waals surface area (Å²) < 4.78 is 0. The van der Waals surface area contributed by atoms with E-state index in [0.29, 0.717) is 12.3 Å². The van der Waals surface area contributed by atoms with Crippen molar-refractivity contribution in [3.8, 4) is 0 Å². The molecule has 0 bridgehead atoms. The van der Waals surface area contributed by atoms with E-state index in [1.165, 1.54) is 12.8 Å². The predicted octanol–water partition coefficient (Wildman–Crippen LogP) is 2.90. The van der Waals surface area contributed by atoms with Crippen LogP contribution in [0.1, 0.15) is 65.2 Å². The fraction of sp³-hybridized carbons (Fsp3) is 0.875. The van der Waals surface area contributed by atoms with Gasteiger partial charge in [-0.15, -0.1) is 0 Å². The van der Waals surface area contributed by atoms with Crippen molar-refractivity contribution in [3.63, 3.8) is 0 Å². The summed E-state index contributed by atoms with van der Waals surface area (Å²) >= 11 is 0. The second-order valence-corrected chi connectivity index (χ2v) is 7.01. The molecule has 0 radical (unpaired) electrons. The summed E-state index contributed by atoms with van der Waals surface area (Å²) in [6.45, 7) is 3.93. The average molecular weight is 296 g/mol. The van der Waals surface area contributed by atoms with Crippen LogP contribution in [0.2, 0.25) is 0 Å². The summed E-state index contributed by atoms with van der Waals surface area (Å²) in [6.07, 6.45) is 8.05. The van der Waals surface area contributed by atoms with Crippen LogP contribution in [-0.2, 0) is 4.79 Å². The van der Waals surface area contributed by atoms with Crippen molar-refractivity contribution in [3.05, 3.63) is 0 Å². The van der Waals surface area contributed by atoms with Gasteiger partial charge in [-0.1, -0.05) is 32.6 Å². The average Bonchev–Trinajstić information content (AvgIpc) is 2.67. The van der Waals surface area contributed by atoms with Crippen LogP contribution in [0.25, 0.3) is 0 Å². The molecule has 5 nitrogen and oxygen atoms in total. The molecule has 0 spiro atoms. The largest absolute Gasteiger partial charge is 0.481 e. The molecule has 5 heteroatoms. The van der Waals surface area contributed by atoms with Crippen LogP contribution in [0.15, 0.2) is 0 Å². The second-order valence-electron chi connectivity index (χ2n) is 7.01. The molecular formula is C16H28N2O3. The van der Waals surface area contributed by atoms with E-state index in [-0.39, 0.29) is 18.1 Å². The zero-order valence-corrected chi connectivity index (χ0v) is 13.2. The number of carboxylic acids is 1. The van der Waals surface area contributed by atoms with E-state index in [1.807, 2.05) is 0 Å². The number of nitrogens with one attached hydrogen (secondary N) is 2. The summed E-state index contributed by atoms with van der Waals surface area (Å²) in [5, 5.41) is 15.4. The van der Waals surface area contributed by atoms with Gasteiger partial charge in [0.25, 0.3) is 0 Å². The van der Waals surface area contributed by atoms with E-state index in [1.54, 1.807) is 6.92 Å². The van der Waals surface area contributed by atoms with Crippen molar-refractivity contribution in [1.29, 1.82) is 0 Å². The molecule has 0 saturated heterocycles. The van der Waals surface area contributed by atoms with Gasteiger partial charge in [-0.25, -0.2) is 4.79 Å². The van der Waals surface area contributed by atoms with Gasteiger partial charge in [-0.3, -0.25) is 4.79 Å². The lowest BCUT2D eigenvalue weighted by atomic mass is 9.85. The first-order chi connectivity index (χ1) is 9.93. The first-order valence-electron chi connectivity index (χ1n) is 8.24. The van der Waals surface area contributed by atoms with Crippen LogP contribution in [0.3, 0.4) is 0 Å². The van der Waals surface area contributed by atoms with E-state index in [0.717, 1.165) is 32.1 Å². The van der Waals surface area contributed by atoms with Crippen molar-refractivity contribution in [1.82, 2.24) is 10.6 Å². The normalized spacial score (nSPS) is 36.8. The molecule has 21 heavy (non-hydrogen) atoms. The fourth-order valence-electron chi connectivity index (χ4n) is 3.73. The highest BCUT2D eigenvalue weighted by Gasteiger charge is 2.46. The molecule has 120 valence electrons. The Bertz CT molecular complexity index is 399. The van der Waals surface area contributed by atoms with Gasteiger partial charge in [0.05, 0.1) is 5.41 Å². The number of hydrogen-bond acceptors (Lipinski definition) is 2. The molecule has 0 aliphatic heterocycles. The molecule has 2 amide bonds. The Morgan fingerprint density at radius 2 is 1.76 bits per heavy atom. The minimum Gasteiger partial charge on any atom is -0.481 e. The molecule has 2 fully saturated rings. The van der Waals surface area contributed by atoms with Crippen LogP contribution in [0, 0.1) is 11.3 Å². The lowest BCUT2D eigenvalue weighted by Gasteiger charge is -2.29. The molecule has 3 N–H and O–H groups in total. The fourth-order valence-corrected chi connectivity index (χ4v) is 3.73. The number of amides is 2. The Morgan fingerprint density at radius 1 is 1.05 bits per heavy atom. The summed E-state index contributed by atoms with van der Waals surface area (Å²) in [5.41, 5.74) is -0.827. The minimum atomic E-state index is -0.827. The number of carbonyl (C=O) groups is 2. The van der Waals surface area contributed by atoms with Crippen molar-refractivity contribution in [2.24, 2.45) is 11.3 Å². The zero-order valence-electron chi connectivity index (χ0n) is 13.2. The van der Waals surface area contributed by atoms with Gasteiger partial charge < -0.3 is 15.7 Å². The number of aliphatic carboxylic acids is 1. The lowest BCUT2D eigenvalue weighted by molar-refractivity contribution is -0.148. The molecular weight excluding hydrogens is 268 g/mol. The molecule has 0 aromatic carbocycles. The van der Waals surface area contributed by atoms with Gasteiger partial charge in [-0.05, 0) is 38.5 Å². The molecule has 0 aromatic heterocycles. The molecule has 4 unspecified atom stereocenters. The Hall–Kier alpha value is -1.26. The highest BCUT2D eigenvalue weighted by molar-refractivity contribution is 5.79. The molecule has 0 heterocycles. The molecule has 4 atom stereocenters. The molecule has 2 aliphatic carbocycles. The summed E-state index contributed by atoms with van der Waals surface area (Å²) in [7, 11) is 0. The number of rotatable bonds is 3. The van der Waals surface area contributed by atoms with E-state index in [4.69, 9.17) is 0 Å². The maximum absolute atomic E-state index is 12.2. The van der Waals surface area contributed by atoms with E-state index in [2.05, 4.69) is 17.6 Å². The van der Waals surface area contributed by atoms with Gasteiger partial charge in [-0.2, -0.15) is 0 Å². The number of hydrogen-bond donors (Lipinski definition) is 3. The standard InChI is InChI=1S/C16H28N2O3/c1-11-7-4-3-5-8-12(11)17-15(21)18-13-9-6-10-16(13,2)14(19)20/h11-13H,3-10H2,1-2H3,(H,19,20)(H2,17,18,21). The van der Waals surface area contributed by atoms with Crippen LogP contribution >= 0.6 is 0 Å². The Morgan fingerprint density at radius 3 is 2.48 bits per heavy atom. The van der Waals surface area contributed by atoms with Crippen molar-refractivity contribution in [2.75, 3.05) is 0 Å². The molecule has 2 aliphatic rings. The van der Waals surface area contributed by atoms with Crippen LogP contribution < -0.4 is 10.6 Å². The van der Waals surface area contributed by atoms with E-state index < -0.39 is 11.4 Å². The first kappa shape index (κ1) is 16.1. The third-order valence-corrected chi connectivity index (χ3v) is 5.43. The number of urea groups is 1. The zero-order chi connectivity index (χ0) is 15.5. The highest BCUT2D eigenvalue weighted by Crippen LogP contribution is 2.38. The molecule has 2 rings (SSSR count). The van der Waals surface area contributed by atoms with Crippen molar-refractivity contribution in [2.45, 2.75) is 77.3 Å². The Labute approximate surface area is 126 Å². The maximum atomic E-state index is 12.2. The third-order valence-electron chi connectivity index (χ3n) is 5.43. The molecule has 2 saturated carbocycles. The second kappa shape index (κ2) is 6.67. The van der Waals surface area contributed by atoms with Gasteiger partial charge in [0.2, 0.25) is 0 Å². The predicted molar refractivity (Wildman–Crippen MR) is 81.1 cm³/mol. The SMILES string of the molecule is CC1CCCCCC1NC(=O)NC1CCCC1(C)C(=O)O. The topological polar surface area (TPSA) is 78.4 Å². The van der Waals surface area contributed by atoms with Gasteiger partial charge >= 0.3 is 12.0 Å². The summed E-state index contributed by atoms with van der Waals surface area (Å²) in [4.78, 5) is 23.7.